The van der Waals surface area contributed by atoms with E-state index in [0.29, 0.717) is 16.8 Å². The summed E-state index contributed by atoms with van der Waals surface area (Å²) in [5.41, 5.74) is 2.67. The van der Waals surface area contributed by atoms with Crippen molar-refractivity contribution >= 4 is 11.7 Å². The number of benzene rings is 1. The van der Waals surface area contributed by atoms with Gasteiger partial charge in [-0.3, -0.25) is 5.01 Å². The first-order valence-electron chi connectivity index (χ1n) is 6.89. The van der Waals surface area contributed by atoms with Gasteiger partial charge in [0, 0.05) is 13.1 Å². The highest BCUT2D eigenvalue weighted by Crippen LogP contribution is 2.26. The van der Waals surface area contributed by atoms with E-state index in [4.69, 9.17) is 4.74 Å². The van der Waals surface area contributed by atoms with Crippen molar-refractivity contribution < 1.29 is 9.53 Å². The second-order valence-electron chi connectivity index (χ2n) is 4.38. The van der Waals surface area contributed by atoms with Crippen molar-refractivity contribution in [2.45, 2.75) is 27.7 Å². The molecule has 0 saturated carbocycles. The van der Waals surface area contributed by atoms with E-state index in [-0.39, 0.29) is 5.97 Å². The van der Waals surface area contributed by atoms with Crippen LogP contribution >= 0.6 is 0 Å². The minimum absolute atomic E-state index is 0.385. The van der Waals surface area contributed by atoms with Gasteiger partial charge in [-0.25, -0.2) is 4.79 Å². The third kappa shape index (κ3) is 4.32. The lowest BCUT2D eigenvalue weighted by atomic mass is 10.0. The maximum Gasteiger partial charge on any atom is 0.337 e. The molecule has 1 aromatic carbocycles. The average Bonchev–Trinajstić information content (AvgIpc) is 2.49. The highest BCUT2D eigenvalue weighted by Gasteiger charge is 2.12. The molecule has 0 aliphatic rings. The summed E-state index contributed by atoms with van der Waals surface area (Å²) in [5, 5.41) is 10.3. The molecule has 0 spiro atoms. The Morgan fingerprint density at radius 1 is 1.33 bits per heavy atom. The van der Waals surface area contributed by atoms with Gasteiger partial charge < -0.3 is 4.74 Å². The second kappa shape index (κ2) is 8.05. The fraction of sp³-hybridized carbons (Fsp3) is 0.438. The zero-order valence-corrected chi connectivity index (χ0v) is 13.2. The van der Waals surface area contributed by atoms with Crippen LogP contribution in [0.3, 0.4) is 0 Å². The summed E-state index contributed by atoms with van der Waals surface area (Å²) in [6.07, 6.45) is 0. The van der Waals surface area contributed by atoms with Crippen LogP contribution in [0.1, 0.15) is 42.3 Å². The van der Waals surface area contributed by atoms with Crippen LogP contribution in [0.15, 0.2) is 22.5 Å². The van der Waals surface area contributed by atoms with Crippen molar-refractivity contribution in [3.63, 3.8) is 0 Å². The van der Waals surface area contributed by atoms with Crippen LogP contribution in [0.2, 0.25) is 0 Å². The van der Waals surface area contributed by atoms with Crippen molar-refractivity contribution in [2.24, 2.45) is 10.3 Å². The lowest BCUT2D eigenvalue weighted by molar-refractivity contribution is 0.0600. The molecule has 0 aliphatic heterocycles. The quantitative estimate of drug-likeness (QED) is 0.360. The first-order chi connectivity index (χ1) is 10.1. The Bertz CT molecular complexity index is 594. The first-order valence-corrected chi connectivity index (χ1v) is 6.89. The maximum absolute atomic E-state index is 11.7. The zero-order chi connectivity index (χ0) is 15.8. The molecule has 112 valence electrons. The molecule has 1 aromatic rings. The Morgan fingerprint density at radius 3 is 2.52 bits per heavy atom. The smallest absolute Gasteiger partial charge is 0.337 e. The summed E-state index contributed by atoms with van der Waals surface area (Å²) in [6, 6.07) is 3.43. The van der Waals surface area contributed by atoms with Gasteiger partial charge in [0.05, 0.1) is 18.2 Å². The van der Waals surface area contributed by atoms with Crippen molar-refractivity contribution in [3.05, 3.63) is 28.8 Å². The number of methoxy groups -OCH3 is 1. The van der Waals surface area contributed by atoms with E-state index < -0.39 is 0 Å². The molecule has 0 unspecified atom stereocenters. The molecule has 0 fully saturated rings. The highest BCUT2D eigenvalue weighted by atomic mass is 16.5. The molecule has 0 aliphatic carbocycles. The number of hydrogen-bond donors (Lipinski definition) is 0. The summed E-state index contributed by atoms with van der Waals surface area (Å²) in [5.74, 6) is 5.42. The van der Waals surface area contributed by atoms with Crippen molar-refractivity contribution in [3.8, 4) is 11.8 Å². The molecule has 0 saturated heterocycles. The van der Waals surface area contributed by atoms with Gasteiger partial charge in [-0.05, 0) is 45.4 Å². The summed E-state index contributed by atoms with van der Waals surface area (Å²) >= 11 is 0. The highest BCUT2D eigenvalue weighted by molar-refractivity contribution is 5.91. The Morgan fingerprint density at radius 2 is 2.00 bits per heavy atom. The summed E-state index contributed by atoms with van der Waals surface area (Å²) < 4.78 is 4.75. The van der Waals surface area contributed by atoms with Gasteiger partial charge in [0.1, 0.15) is 5.69 Å². The number of rotatable bonds is 5. The number of aryl methyl sites for hydroxylation is 1. The van der Waals surface area contributed by atoms with Crippen molar-refractivity contribution in [1.29, 1.82) is 0 Å². The number of hydrogen-bond acceptors (Lipinski definition) is 4. The predicted molar refractivity (Wildman–Crippen MR) is 82.5 cm³/mol. The molecule has 5 nitrogen and oxygen atoms in total. The van der Waals surface area contributed by atoms with E-state index >= 15 is 0 Å². The Labute approximate surface area is 126 Å². The molecule has 0 heterocycles. The predicted octanol–water partition coefficient (Wildman–Crippen LogP) is 3.49. The van der Waals surface area contributed by atoms with E-state index in [1.807, 2.05) is 25.8 Å². The number of ether oxygens (including phenoxy) is 1. The fourth-order valence-electron chi connectivity index (χ4n) is 1.84. The average molecular weight is 287 g/mol. The number of carbonyl (C=O) groups excluding carboxylic acids is 1. The molecular weight excluding hydrogens is 266 g/mol. The Kier molecular flexibility index (Phi) is 6.41. The number of nitrogens with zero attached hydrogens (tertiary/aromatic N) is 3. The van der Waals surface area contributed by atoms with Crippen LogP contribution in [0.5, 0.6) is 0 Å². The Hall–Kier alpha value is -2.35. The van der Waals surface area contributed by atoms with E-state index in [9.17, 15) is 4.79 Å². The largest absolute Gasteiger partial charge is 0.465 e. The van der Waals surface area contributed by atoms with Crippen LogP contribution in [-0.2, 0) is 4.74 Å². The molecule has 0 N–H and O–H groups in total. The second-order valence-corrected chi connectivity index (χ2v) is 4.38. The van der Waals surface area contributed by atoms with Gasteiger partial charge in [-0.1, -0.05) is 11.1 Å². The van der Waals surface area contributed by atoms with Crippen LogP contribution in [0.4, 0.5) is 5.69 Å². The molecule has 0 radical (unpaired) electrons. The van der Waals surface area contributed by atoms with Gasteiger partial charge in [0.15, 0.2) is 0 Å². The molecule has 0 atom stereocenters. The van der Waals surface area contributed by atoms with Crippen LogP contribution in [0.25, 0.3) is 0 Å². The fourth-order valence-corrected chi connectivity index (χ4v) is 1.84. The topological polar surface area (TPSA) is 54.3 Å². The van der Waals surface area contributed by atoms with Crippen molar-refractivity contribution in [2.75, 3.05) is 20.2 Å². The monoisotopic (exact) mass is 287 g/mol. The number of carbonyl (C=O) groups is 1. The van der Waals surface area contributed by atoms with Gasteiger partial charge in [-0.2, -0.15) is 0 Å². The number of esters is 1. The third-order valence-electron chi connectivity index (χ3n) is 2.98. The zero-order valence-electron chi connectivity index (χ0n) is 13.2. The molecular formula is C16H21N3O2. The molecule has 0 aromatic heterocycles. The summed E-state index contributed by atoms with van der Waals surface area (Å²) in [6.45, 7) is 9.22. The van der Waals surface area contributed by atoms with Gasteiger partial charge in [-0.15, -0.1) is 11.0 Å². The lowest BCUT2D eigenvalue weighted by Gasteiger charge is -2.12. The van der Waals surface area contributed by atoms with E-state index in [2.05, 4.69) is 22.2 Å². The van der Waals surface area contributed by atoms with Crippen molar-refractivity contribution in [1.82, 2.24) is 5.01 Å². The van der Waals surface area contributed by atoms with E-state index in [1.165, 1.54) is 7.11 Å². The standard InChI is InChI=1S/C16H21N3O2/c1-6-9-13-11-14(16(20)21-5)10-12(4)15(13)17-18-19(7-2)8-3/h10-11H,7-8H2,1-5H3. The minimum Gasteiger partial charge on any atom is -0.465 e. The molecule has 5 heteroatoms. The maximum atomic E-state index is 11.7. The Balaban J connectivity index is 3.30. The van der Waals surface area contributed by atoms with Crippen LogP contribution in [0, 0.1) is 18.8 Å². The first kappa shape index (κ1) is 16.7. The van der Waals surface area contributed by atoms with E-state index in [0.717, 1.165) is 18.7 Å². The summed E-state index contributed by atoms with van der Waals surface area (Å²) in [7, 11) is 1.36. The van der Waals surface area contributed by atoms with Crippen LogP contribution in [-0.4, -0.2) is 31.2 Å². The minimum atomic E-state index is -0.385. The van der Waals surface area contributed by atoms with Gasteiger partial charge >= 0.3 is 5.97 Å². The molecule has 21 heavy (non-hydrogen) atoms. The van der Waals surface area contributed by atoms with Gasteiger partial charge in [0.25, 0.3) is 0 Å². The normalized spacial score (nSPS) is 10.1. The summed E-state index contributed by atoms with van der Waals surface area (Å²) in [4.78, 5) is 11.7. The SMILES string of the molecule is CC#Cc1cc(C(=O)OC)cc(C)c1N=NN(CC)CC. The van der Waals surface area contributed by atoms with Gasteiger partial charge in [0.2, 0.25) is 0 Å². The van der Waals surface area contributed by atoms with E-state index in [1.54, 1.807) is 19.1 Å². The third-order valence-corrected chi connectivity index (χ3v) is 2.98. The lowest BCUT2D eigenvalue weighted by Crippen LogP contribution is -2.14. The van der Waals surface area contributed by atoms with Crippen LogP contribution < -0.4 is 0 Å². The molecule has 0 bridgehead atoms. The molecule has 0 amide bonds. The molecule has 1 rings (SSSR count).